The highest BCUT2D eigenvalue weighted by Gasteiger charge is 2.19. The Kier molecular flexibility index (Phi) is 4.45. The molecule has 1 amide bonds. The molecule has 4 nitrogen and oxygen atoms in total. The Bertz CT molecular complexity index is 1100. The maximum absolute atomic E-state index is 13.9. The van der Waals surface area contributed by atoms with E-state index in [2.05, 4.69) is 10.3 Å². The van der Waals surface area contributed by atoms with Crippen molar-refractivity contribution >= 4 is 27.5 Å². The second-order valence-electron chi connectivity index (χ2n) is 6.01. The first-order valence-electron chi connectivity index (χ1n) is 8.23. The molecule has 27 heavy (non-hydrogen) atoms. The van der Waals surface area contributed by atoms with Gasteiger partial charge in [0.05, 0.1) is 16.3 Å². The lowest BCUT2D eigenvalue weighted by atomic mass is 10.1. The Morgan fingerprint density at radius 3 is 2.78 bits per heavy atom. The van der Waals surface area contributed by atoms with E-state index in [9.17, 15) is 13.6 Å². The van der Waals surface area contributed by atoms with E-state index in [4.69, 9.17) is 4.42 Å². The second-order valence-corrected chi connectivity index (χ2v) is 7.04. The van der Waals surface area contributed by atoms with Crippen LogP contribution < -0.4 is 5.32 Å². The maximum Gasteiger partial charge on any atom is 0.287 e. The van der Waals surface area contributed by atoms with Crippen molar-refractivity contribution in [2.45, 2.75) is 13.0 Å². The third kappa shape index (κ3) is 3.46. The third-order valence-electron chi connectivity index (χ3n) is 4.11. The fraction of sp³-hybridized carbons (Fsp3) is 0.100. The molecule has 1 atom stereocenters. The van der Waals surface area contributed by atoms with E-state index in [-0.39, 0.29) is 11.3 Å². The Morgan fingerprint density at radius 1 is 1.15 bits per heavy atom. The molecule has 0 aliphatic heterocycles. The van der Waals surface area contributed by atoms with Crippen LogP contribution in [-0.2, 0) is 0 Å². The van der Waals surface area contributed by atoms with Crippen molar-refractivity contribution in [3.05, 3.63) is 77.6 Å². The summed E-state index contributed by atoms with van der Waals surface area (Å²) < 4.78 is 33.8. The van der Waals surface area contributed by atoms with Crippen molar-refractivity contribution in [2.24, 2.45) is 0 Å². The second kappa shape index (κ2) is 6.92. The standard InChI is InChI=1S/C20H14F2N2O2S/c1-11(13-10-12(21)6-7-14(13)22)23-19(25)16-8-9-17(26-16)20-24-15-4-2-3-5-18(15)27-20/h2-11H,1H3,(H,23,25). The van der Waals surface area contributed by atoms with E-state index < -0.39 is 23.6 Å². The minimum Gasteiger partial charge on any atom is -0.448 e. The molecule has 1 N–H and O–H groups in total. The molecule has 2 aromatic carbocycles. The van der Waals surface area contributed by atoms with Gasteiger partial charge in [0.25, 0.3) is 5.91 Å². The van der Waals surface area contributed by atoms with Crippen LogP contribution in [0.15, 0.2) is 59.0 Å². The molecule has 7 heteroatoms. The number of amides is 1. The number of rotatable bonds is 4. The number of thiazole rings is 1. The quantitative estimate of drug-likeness (QED) is 0.518. The molecular formula is C20H14F2N2O2S. The molecule has 2 heterocycles. The summed E-state index contributed by atoms with van der Waals surface area (Å²) in [5.74, 6) is -1.11. The van der Waals surface area contributed by atoms with Crippen molar-refractivity contribution in [3.8, 4) is 10.8 Å². The topological polar surface area (TPSA) is 55.1 Å². The average molecular weight is 384 g/mol. The summed E-state index contributed by atoms with van der Waals surface area (Å²) in [6.07, 6.45) is 0. The molecule has 0 aliphatic rings. The Balaban J connectivity index is 1.54. The largest absolute Gasteiger partial charge is 0.448 e. The molecule has 4 aromatic rings. The molecular weight excluding hydrogens is 370 g/mol. The number of carbonyl (C=O) groups is 1. The van der Waals surface area contributed by atoms with E-state index in [0.717, 1.165) is 28.4 Å². The molecule has 0 bridgehead atoms. The van der Waals surface area contributed by atoms with Gasteiger partial charge in [-0.05, 0) is 49.4 Å². The first kappa shape index (κ1) is 17.4. The predicted molar refractivity (Wildman–Crippen MR) is 99.6 cm³/mol. The van der Waals surface area contributed by atoms with Gasteiger partial charge in [0.2, 0.25) is 0 Å². The van der Waals surface area contributed by atoms with Gasteiger partial charge in [0.15, 0.2) is 16.5 Å². The molecule has 1 unspecified atom stereocenters. The molecule has 0 fully saturated rings. The molecule has 136 valence electrons. The van der Waals surface area contributed by atoms with Gasteiger partial charge in [0.1, 0.15) is 11.6 Å². The van der Waals surface area contributed by atoms with Gasteiger partial charge in [-0.3, -0.25) is 4.79 Å². The Labute approximate surface area is 157 Å². The van der Waals surface area contributed by atoms with Gasteiger partial charge in [-0.15, -0.1) is 11.3 Å². The zero-order valence-electron chi connectivity index (χ0n) is 14.2. The number of benzene rings is 2. The number of hydrogen-bond donors (Lipinski definition) is 1. The zero-order chi connectivity index (χ0) is 19.0. The normalized spacial score (nSPS) is 12.3. The van der Waals surface area contributed by atoms with Crippen molar-refractivity contribution in [2.75, 3.05) is 0 Å². The number of carbonyl (C=O) groups excluding carboxylic acids is 1. The summed E-state index contributed by atoms with van der Waals surface area (Å²) >= 11 is 1.46. The summed E-state index contributed by atoms with van der Waals surface area (Å²) in [5.41, 5.74) is 0.927. The van der Waals surface area contributed by atoms with Crippen LogP contribution >= 0.6 is 11.3 Å². The number of para-hydroxylation sites is 1. The molecule has 0 spiro atoms. The number of fused-ring (bicyclic) bond motifs is 1. The lowest BCUT2D eigenvalue weighted by molar-refractivity contribution is 0.0912. The minimum atomic E-state index is -0.718. The summed E-state index contributed by atoms with van der Waals surface area (Å²) in [6.45, 7) is 1.58. The van der Waals surface area contributed by atoms with Crippen LogP contribution in [0.2, 0.25) is 0 Å². The first-order valence-corrected chi connectivity index (χ1v) is 9.04. The van der Waals surface area contributed by atoms with Gasteiger partial charge in [-0.1, -0.05) is 12.1 Å². The van der Waals surface area contributed by atoms with Crippen molar-refractivity contribution < 1.29 is 18.0 Å². The highest BCUT2D eigenvalue weighted by Crippen LogP contribution is 2.31. The lowest BCUT2D eigenvalue weighted by Crippen LogP contribution is -2.27. The van der Waals surface area contributed by atoms with Gasteiger partial charge >= 0.3 is 0 Å². The lowest BCUT2D eigenvalue weighted by Gasteiger charge is -2.14. The van der Waals surface area contributed by atoms with Crippen molar-refractivity contribution in [1.82, 2.24) is 10.3 Å². The highest BCUT2D eigenvalue weighted by atomic mass is 32.1. The monoisotopic (exact) mass is 384 g/mol. The summed E-state index contributed by atoms with van der Waals surface area (Å²) in [4.78, 5) is 16.9. The fourth-order valence-corrected chi connectivity index (χ4v) is 3.67. The van der Waals surface area contributed by atoms with E-state index in [1.807, 2.05) is 24.3 Å². The molecule has 0 aliphatic carbocycles. The van der Waals surface area contributed by atoms with Crippen LogP contribution in [-0.4, -0.2) is 10.9 Å². The molecule has 0 radical (unpaired) electrons. The van der Waals surface area contributed by atoms with Crippen LogP contribution in [0.25, 0.3) is 21.0 Å². The number of furan rings is 1. The van der Waals surface area contributed by atoms with E-state index in [0.29, 0.717) is 10.8 Å². The SMILES string of the molecule is CC(NC(=O)c1ccc(-c2nc3ccccc3s2)o1)c1cc(F)ccc1F. The number of halogens is 2. The Hall–Kier alpha value is -3.06. The van der Waals surface area contributed by atoms with E-state index in [1.54, 1.807) is 13.0 Å². The smallest absolute Gasteiger partial charge is 0.287 e. The Morgan fingerprint density at radius 2 is 1.96 bits per heavy atom. The molecule has 2 aromatic heterocycles. The van der Waals surface area contributed by atoms with Crippen LogP contribution in [0.1, 0.15) is 29.1 Å². The maximum atomic E-state index is 13.9. The number of hydrogen-bond acceptors (Lipinski definition) is 4. The number of aromatic nitrogens is 1. The molecule has 0 saturated heterocycles. The van der Waals surface area contributed by atoms with Gasteiger partial charge in [-0.25, -0.2) is 13.8 Å². The first-order chi connectivity index (χ1) is 13.0. The van der Waals surface area contributed by atoms with Crippen LogP contribution in [0.4, 0.5) is 8.78 Å². The van der Waals surface area contributed by atoms with Crippen LogP contribution in [0.5, 0.6) is 0 Å². The zero-order valence-corrected chi connectivity index (χ0v) is 15.0. The van der Waals surface area contributed by atoms with Crippen molar-refractivity contribution in [3.63, 3.8) is 0 Å². The molecule has 0 saturated carbocycles. The van der Waals surface area contributed by atoms with E-state index >= 15 is 0 Å². The summed E-state index contributed by atoms with van der Waals surface area (Å²) in [7, 11) is 0. The number of nitrogens with one attached hydrogen (secondary N) is 1. The van der Waals surface area contributed by atoms with Crippen molar-refractivity contribution in [1.29, 1.82) is 0 Å². The number of nitrogens with zero attached hydrogens (tertiary/aromatic N) is 1. The fourth-order valence-electron chi connectivity index (χ4n) is 2.74. The molecule has 4 rings (SSSR count). The third-order valence-corrected chi connectivity index (χ3v) is 5.16. The highest BCUT2D eigenvalue weighted by molar-refractivity contribution is 7.21. The van der Waals surface area contributed by atoms with Crippen LogP contribution in [0, 0.1) is 11.6 Å². The summed E-state index contributed by atoms with van der Waals surface area (Å²) in [6, 6.07) is 13.3. The summed E-state index contributed by atoms with van der Waals surface area (Å²) in [5, 5.41) is 3.28. The van der Waals surface area contributed by atoms with Gasteiger partial charge in [0, 0.05) is 5.56 Å². The minimum absolute atomic E-state index is 0.0707. The van der Waals surface area contributed by atoms with E-state index in [1.165, 1.54) is 17.4 Å². The van der Waals surface area contributed by atoms with Gasteiger partial charge in [-0.2, -0.15) is 0 Å². The van der Waals surface area contributed by atoms with Gasteiger partial charge < -0.3 is 9.73 Å². The van der Waals surface area contributed by atoms with Crippen LogP contribution in [0.3, 0.4) is 0 Å². The average Bonchev–Trinajstić information content (AvgIpc) is 3.30. The predicted octanol–water partition coefficient (Wildman–Crippen LogP) is 5.33.